The van der Waals surface area contributed by atoms with Crippen LogP contribution in [0.2, 0.25) is 0 Å². The number of benzene rings is 2. The quantitative estimate of drug-likeness (QED) is 0.514. The molecule has 0 saturated heterocycles. The van der Waals surface area contributed by atoms with Crippen LogP contribution in [0, 0.1) is 0 Å². The molecule has 0 unspecified atom stereocenters. The Labute approximate surface area is 171 Å². The molecular formula is C21H25N3O4S. The van der Waals surface area contributed by atoms with Gasteiger partial charge in [0.15, 0.2) is 6.29 Å². The van der Waals surface area contributed by atoms with Gasteiger partial charge in [-0.25, -0.2) is 17.8 Å². The summed E-state index contributed by atoms with van der Waals surface area (Å²) >= 11 is 0. The van der Waals surface area contributed by atoms with Crippen molar-refractivity contribution in [3.63, 3.8) is 0 Å². The minimum absolute atomic E-state index is 0.00869. The van der Waals surface area contributed by atoms with Gasteiger partial charge in [-0.2, -0.15) is 5.10 Å². The summed E-state index contributed by atoms with van der Waals surface area (Å²) in [6, 6.07) is 18.6. The van der Waals surface area contributed by atoms with Crippen molar-refractivity contribution in [2.45, 2.75) is 25.0 Å². The van der Waals surface area contributed by atoms with E-state index in [-0.39, 0.29) is 11.4 Å². The van der Waals surface area contributed by atoms with Gasteiger partial charge in [-0.05, 0) is 26.0 Å². The van der Waals surface area contributed by atoms with E-state index >= 15 is 0 Å². The minimum Gasteiger partial charge on any atom is -0.352 e. The van der Waals surface area contributed by atoms with Gasteiger partial charge in [0.05, 0.1) is 18.4 Å². The Morgan fingerprint density at radius 2 is 1.55 bits per heavy atom. The first-order valence-electron chi connectivity index (χ1n) is 9.48. The zero-order valence-corrected chi connectivity index (χ0v) is 17.3. The normalized spacial score (nSPS) is 11.8. The second-order valence-electron chi connectivity index (χ2n) is 6.18. The SMILES string of the molecule is CCOC(CNS(=O)(=O)c1cn(-c2ccccc2)nc1-c1ccccc1)OCC. The van der Waals surface area contributed by atoms with Crippen LogP contribution in [0.15, 0.2) is 71.8 Å². The molecule has 154 valence electrons. The van der Waals surface area contributed by atoms with Gasteiger partial charge in [0.25, 0.3) is 0 Å². The molecule has 29 heavy (non-hydrogen) atoms. The maximum atomic E-state index is 13.1. The number of aromatic nitrogens is 2. The van der Waals surface area contributed by atoms with Crippen LogP contribution in [0.3, 0.4) is 0 Å². The van der Waals surface area contributed by atoms with Crippen molar-refractivity contribution in [2.24, 2.45) is 0 Å². The summed E-state index contributed by atoms with van der Waals surface area (Å²) in [5.41, 5.74) is 1.87. The molecule has 1 N–H and O–H groups in total. The standard InChI is InChI=1S/C21H25N3O4S/c1-3-27-20(28-4-2)15-22-29(25,26)19-16-24(18-13-9-6-10-14-18)23-21(19)17-11-7-5-8-12-17/h5-14,16,20,22H,3-4,15H2,1-2H3. The highest BCUT2D eigenvalue weighted by atomic mass is 32.2. The maximum Gasteiger partial charge on any atom is 0.244 e. The monoisotopic (exact) mass is 415 g/mol. The Balaban J connectivity index is 1.97. The van der Waals surface area contributed by atoms with E-state index in [0.717, 1.165) is 5.69 Å². The number of sulfonamides is 1. The molecule has 0 fully saturated rings. The largest absolute Gasteiger partial charge is 0.352 e. The highest BCUT2D eigenvalue weighted by Gasteiger charge is 2.25. The van der Waals surface area contributed by atoms with E-state index in [2.05, 4.69) is 9.82 Å². The molecule has 0 amide bonds. The van der Waals surface area contributed by atoms with Gasteiger partial charge in [0.1, 0.15) is 10.6 Å². The fraction of sp³-hybridized carbons (Fsp3) is 0.286. The van der Waals surface area contributed by atoms with Crippen molar-refractivity contribution in [2.75, 3.05) is 19.8 Å². The third-order valence-electron chi connectivity index (χ3n) is 4.18. The zero-order valence-electron chi connectivity index (χ0n) is 16.5. The molecule has 3 aromatic rings. The summed E-state index contributed by atoms with van der Waals surface area (Å²) in [5, 5.41) is 4.55. The molecular weight excluding hydrogens is 390 g/mol. The summed E-state index contributed by atoms with van der Waals surface area (Å²) in [6.07, 6.45) is 0.875. The van der Waals surface area contributed by atoms with Crippen molar-refractivity contribution in [1.82, 2.24) is 14.5 Å². The van der Waals surface area contributed by atoms with Gasteiger partial charge in [-0.15, -0.1) is 0 Å². The molecule has 0 radical (unpaired) electrons. The third kappa shape index (κ3) is 5.30. The average molecular weight is 416 g/mol. The minimum atomic E-state index is -3.85. The number of para-hydroxylation sites is 1. The fourth-order valence-electron chi connectivity index (χ4n) is 2.86. The van der Waals surface area contributed by atoms with Crippen LogP contribution in [0.5, 0.6) is 0 Å². The van der Waals surface area contributed by atoms with Crippen LogP contribution in [-0.2, 0) is 19.5 Å². The van der Waals surface area contributed by atoms with Crippen molar-refractivity contribution < 1.29 is 17.9 Å². The van der Waals surface area contributed by atoms with Crippen molar-refractivity contribution in [3.05, 3.63) is 66.9 Å². The molecule has 7 nitrogen and oxygen atoms in total. The molecule has 0 aliphatic heterocycles. The van der Waals surface area contributed by atoms with Crippen LogP contribution in [0.4, 0.5) is 0 Å². The van der Waals surface area contributed by atoms with E-state index in [0.29, 0.717) is 24.5 Å². The predicted octanol–water partition coefficient (Wildman–Crippen LogP) is 3.22. The topological polar surface area (TPSA) is 82.5 Å². The molecule has 2 aromatic carbocycles. The Morgan fingerprint density at radius 3 is 2.14 bits per heavy atom. The van der Waals surface area contributed by atoms with Crippen molar-refractivity contribution in [3.8, 4) is 16.9 Å². The Kier molecular flexibility index (Phi) is 7.16. The first-order chi connectivity index (χ1) is 14.0. The lowest BCUT2D eigenvalue weighted by Gasteiger charge is -2.17. The van der Waals surface area contributed by atoms with Gasteiger partial charge in [-0.3, -0.25) is 0 Å². The van der Waals surface area contributed by atoms with E-state index in [1.165, 1.54) is 6.20 Å². The number of hydrogen-bond acceptors (Lipinski definition) is 5. The number of ether oxygens (including phenoxy) is 2. The molecule has 1 aromatic heterocycles. The Hall–Kier alpha value is -2.52. The lowest BCUT2D eigenvalue weighted by molar-refractivity contribution is -0.130. The van der Waals surface area contributed by atoms with Crippen LogP contribution in [0.25, 0.3) is 16.9 Å². The second-order valence-corrected chi connectivity index (χ2v) is 7.92. The highest BCUT2D eigenvalue weighted by molar-refractivity contribution is 7.89. The van der Waals surface area contributed by atoms with E-state index < -0.39 is 16.3 Å². The van der Waals surface area contributed by atoms with Crippen LogP contribution in [-0.4, -0.2) is 44.2 Å². The Morgan fingerprint density at radius 1 is 0.966 bits per heavy atom. The Bertz CT molecular complexity index is 999. The van der Waals surface area contributed by atoms with Crippen molar-refractivity contribution >= 4 is 10.0 Å². The van der Waals surface area contributed by atoms with Gasteiger partial charge < -0.3 is 9.47 Å². The molecule has 1 heterocycles. The van der Waals surface area contributed by atoms with Gasteiger partial charge in [-0.1, -0.05) is 48.5 Å². The lowest BCUT2D eigenvalue weighted by atomic mass is 10.2. The molecule has 0 aliphatic carbocycles. The summed E-state index contributed by atoms with van der Waals surface area (Å²) in [4.78, 5) is 0.0966. The van der Waals surface area contributed by atoms with E-state index in [1.54, 1.807) is 4.68 Å². The number of hydrogen-bond donors (Lipinski definition) is 1. The highest BCUT2D eigenvalue weighted by Crippen LogP contribution is 2.27. The number of nitrogens with zero attached hydrogens (tertiary/aromatic N) is 2. The molecule has 3 rings (SSSR count). The average Bonchev–Trinajstić information content (AvgIpc) is 3.20. The van der Waals surface area contributed by atoms with Gasteiger partial charge >= 0.3 is 0 Å². The zero-order chi connectivity index (χ0) is 20.7. The molecule has 8 heteroatoms. The van der Waals surface area contributed by atoms with Gasteiger partial charge in [0, 0.05) is 18.8 Å². The predicted molar refractivity (Wildman–Crippen MR) is 111 cm³/mol. The summed E-state index contributed by atoms with van der Waals surface area (Å²) in [6.45, 7) is 4.52. The molecule has 0 saturated carbocycles. The number of rotatable bonds is 10. The second kappa shape index (κ2) is 9.80. The van der Waals surface area contributed by atoms with Crippen LogP contribution < -0.4 is 4.72 Å². The molecule has 0 aliphatic rings. The maximum absolute atomic E-state index is 13.1. The van der Waals surface area contributed by atoms with E-state index in [1.807, 2.05) is 74.5 Å². The first-order valence-corrected chi connectivity index (χ1v) is 11.0. The lowest BCUT2D eigenvalue weighted by Crippen LogP contribution is -2.35. The summed E-state index contributed by atoms with van der Waals surface area (Å²) < 4.78 is 41.2. The molecule has 0 spiro atoms. The van der Waals surface area contributed by atoms with Gasteiger partial charge in [0.2, 0.25) is 10.0 Å². The smallest absolute Gasteiger partial charge is 0.244 e. The van der Waals surface area contributed by atoms with Crippen LogP contribution >= 0.6 is 0 Å². The summed E-state index contributed by atoms with van der Waals surface area (Å²) in [5.74, 6) is 0. The van der Waals surface area contributed by atoms with Crippen molar-refractivity contribution in [1.29, 1.82) is 0 Å². The first kappa shape index (κ1) is 21.2. The van der Waals surface area contributed by atoms with Crippen LogP contribution in [0.1, 0.15) is 13.8 Å². The summed E-state index contributed by atoms with van der Waals surface area (Å²) in [7, 11) is -3.85. The molecule has 0 atom stereocenters. The fourth-order valence-corrected chi connectivity index (χ4v) is 4.02. The number of nitrogens with one attached hydrogen (secondary N) is 1. The molecule has 0 bridgehead atoms. The van der Waals surface area contributed by atoms with E-state index in [4.69, 9.17) is 9.47 Å². The third-order valence-corrected chi connectivity index (χ3v) is 5.61. The van der Waals surface area contributed by atoms with E-state index in [9.17, 15) is 8.42 Å².